The van der Waals surface area contributed by atoms with E-state index in [9.17, 15) is 9.59 Å². The summed E-state index contributed by atoms with van der Waals surface area (Å²) in [5.74, 6) is 0.527. The molecule has 3 rings (SSSR count). The van der Waals surface area contributed by atoms with Crippen LogP contribution in [0.2, 0.25) is 0 Å². The fourth-order valence-electron chi connectivity index (χ4n) is 4.40. The van der Waals surface area contributed by atoms with Gasteiger partial charge in [-0.25, -0.2) is 0 Å². The minimum Gasteiger partial charge on any atom is -0.342 e. The summed E-state index contributed by atoms with van der Waals surface area (Å²) in [4.78, 5) is 33.2. The fraction of sp³-hybridized carbons (Fsp3) is 0.667. The Hall–Kier alpha value is -1.91. The number of unbranched alkanes of at least 4 members (excludes halogenated alkanes) is 2. The lowest BCUT2D eigenvalue weighted by molar-refractivity contribution is -0.143. The quantitative estimate of drug-likeness (QED) is 0.733. The molecule has 2 aliphatic rings. The van der Waals surface area contributed by atoms with E-state index in [0.29, 0.717) is 25.3 Å². The van der Waals surface area contributed by atoms with Crippen molar-refractivity contribution in [2.75, 3.05) is 19.6 Å². The van der Waals surface area contributed by atoms with Gasteiger partial charge in [0.15, 0.2) is 0 Å². The smallest absolute Gasteiger partial charge is 0.222 e. The Balaban J connectivity index is 1.62. The van der Waals surface area contributed by atoms with E-state index in [-0.39, 0.29) is 11.3 Å². The number of amides is 2. The van der Waals surface area contributed by atoms with Crippen LogP contribution >= 0.6 is 0 Å². The van der Waals surface area contributed by atoms with E-state index >= 15 is 0 Å². The standard InChI is InChI=1S/C21H31N3O2/c1-2-3-4-8-19(25)23-13-6-10-21(16-23)11-9-20(26)24(17-21)15-18-7-5-12-22-14-18/h5,7,12,14H,2-4,6,8-11,13,15-17H2,1H3/t21-/m1/s1. The Bertz CT molecular complexity index is 619. The molecule has 142 valence electrons. The van der Waals surface area contributed by atoms with Crippen LogP contribution in [0.5, 0.6) is 0 Å². The lowest BCUT2D eigenvalue weighted by Crippen LogP contribution is -2.54. The summed E-state index contributed by atoms with van der Waals surface area (Å²) < 4.78 is 0. The van der Waals surface area contributed by atoms with E-state index in [1.165, 1.54) is 0 Å². The number of rotatable bonds is 6. The number of carbonyl (C=O) groups excluding carboxylic acids is 2. The zero-order valence-corrected chi connectivity index (χ0v) is 16.0. The lowest BCUT2D eigenvalue weighted by atomic mass is 9.73. The van der Waals surface area contributed by atoms with Crippen molar-refractivity contribution in [1.29, 1.82) is 0 Å². The summed E-state index contributed by atoms with van der Waals surface area (Å²) in [5, 5.41) is 0. The van der Waals surface area contributed by atoms with Crippen LogP contribution in [-0.4, -0.2) is 46.2 Å². The topological polar surface area (TPSA) is 53.5 Å². The van der Waals surface area contributed by atoms with Crippen LogP contribution in [0.3, 0.4) is 0 Å². The summed E-state index contributed by atoms with van der Waals surface area (Å²) in [6, 6.07) is 3.93. The first-order chi connectivity index (χ1) is 12.6. The first kappa shape index (κ1) is 18.9. The van der Waals surface area contributed by atoms with Gasteiger partial charge in [0, 0.05) is 56.8 Å². The molecule has 2 amide bonds. The van der Waals surface area contributed by atoms with E-state index in [2.05, 4.69) is 16.8 Å². The molecule has 0 unspecified atom stereocenters. The Labute approximate surface area is 156 Å². The van der Waals surface area contributed by atoms with Crippen molar-refractivity contribution in [3.63, 3.8) is 0 Å². The van der Waals surface area contributed by atoms with Crippen LogP contribution < -0.4 is 0 Å². The van der Waals surface area contributed by atoms with Gasteiger partial charge in [-0.15, -0.1) is 0 Å². The molecule has 0 N–H and O–H groups in total. The van der Waals surface area contributed by atoms with Crippen molar-refractivity contribution < 1.29 is 9.59 Å². The molecule has 0 aliphatic carbocycles. The maximum atomic E-state index is 12.6. The van der Waals surface area contributed by atoms with Gasteiger partial charge in [-0.2, -0.15) is 0 Å². The van der Waals surface area contributed by atoms with Crippen LogP contribution in [0.15, 0.2) is 24.5 Å². The highest BCUT2D eigenvalue weighted by molar-refractivity contribution is 5.78. The molecule has 0 radical (unpaired) electrons. The van der Waals surface area contributed by atoms with E-state index in [0.717, 1.165) is 63.7 Å². The molecule has 2 aliphatic heterocycles. The second-order valence-corrected chi connectivity index (χ2v) is 7.99. The monoisotopic (exact) mass is 357 g/mol. The van der Waals surface area contributed by atoms with Gasteiger partial charge < -0.3 is 9.80 Å². The number of aromatic nitrogens is 1. The Kier molecular flexibility index (Phi) is 6.28. The molecule has 2 saturated heterocycles. The molecular weight excluding hydrogens is 326 g/mol. The molecule has 0 aromatic carbocycles. The number of hydrogen-bond acceptors (Lipinski definition) is 3. The largest absolute Gasteiger partial charge is 0.342 e. The first-order valence-corrected chi connectivity index (χ1v) is 10.1. The highest BCUT2D eigenvalue weighted by Gasteiger charge is 2.42. The third-order valence-corrected chi connectivity index (χ3v) is 5.85. The Morgan fingerprint density at radius 3 is 2.92 bits per heavy atom. The van der Waals surface area contributed by atoms with Gasteiger partial charge in [-0.3, -0.25) is 14.6 Å². The van der Waals surface area contributed by atoms with E-state index in [1.807, 2.05) is 23.2 Å². The molecule has 1 aromatic rings. The highest BCUT2D eigenvalue weighted by Crippen LogP contribution is 2.39. The SMILES string of the molecule is CCCCCC(=O)N1CCC[C@@]2(CCC(=O)N(Cc3cccnc3)C2)C1. The van der Waals surface area contributed by atoms with Crippen LogP contribution in [0.4, 0.5) is 0 Å². The van der Waals surface area contributed by atoms with Crippen molar-refractivity contribution in [3.05, 3.63) is 30.1 Å². The predicted octanol–water partition coefficient (Wildman–Crippen LogP) is 3.39. The third kappa shape index (κ3) is 4.63. The first-order valence-electron chi connectivity index (χ1n) is 10.1. The molecule has 1 aromatic heterocycles. The summed E-state index contributed by atoms with van der Waals surface area (Å²) in [5.41, 5.74) is 1.15. The van der Waals surface area contributed by atoms with Gasteiger partial charge in [0.1, 0.15) is 0 Å². The molecule has 3 heterocycles. The van der Waals surface area contributed by atoms with Gasteiger partial charge in [-0.1, -0.05) is 25.8 Å². The molecule has 5 heteroatoms. The average Bonchev–Trinajstić information content (AvgIpc) is 2.66. The Morgan fingerprint density at radius 2 is 2.15 bits per heavy atom. The number of hydrogen-bond donors (Lipinski definition) is 0. The molecular formula is C21H31N3O2. The molecule has 0 saturated carbocycles. The van der Waals surface area contributed by atoms with Crippen molar-refractivity contribution in [2.24, 2.45) is 5.41 Å². The average molecular weight is 357 g/mol. The van der Waals surface area contributed by atoms with Crippen LogP contribution in [-0.2, 0) is 16.1 Å². The highest BCUT2D eigenvalue weighted by atomic mass is 16.2. The maximum Gasteiger partial charge on any atom is 0.222 e. The molecule has 5 nitrogen and oxygen atoms in total. The van der Waals surface area contributed by atoms with Gasteiger partial charge in [0.25, 0.3) is 0 Å². The van der Waals surface area contributed by atoms with E-state index < -0.39 is 0 Å². The molecule has 1 spiro atoms. The molecule has 2 fully saturated rings. The number of nitrogens with zero attached hydrogens (tertiary/aromatic N) is 3. The van der Waals surface area contributed by atoms with Crippen molar-refractivity contribution in [2.45, 2.75) is 64.8 Å². The lowest BCUT2D eigenvalue weighted by Gasteiger charge is -2.48. The minimum absolute atomic E-state index is 0.0782. The maximum absolute atomic E-state index is 12.6. The number of carbonyl (C=O) groups is 2. The summed E-state index contributed by atoms with van der Waals surface area (Å²) in [6.07, 6.45) is 11.2. The zero-order valence-electron chi connectivity index (χ0n) is 16.0. The van der Waals surface area contributed by atoms with Crippen LogP contribution in [0.1, 0.15) is 63.9 Å². The van der Waals surface area contributed by atoms with E-state index in [1.54, 1.807) is 6.20 Å². The molecule has 26 heavy (non-hydrogen) atoms. The van der Waals surface area contributed by atoms with Crippen molar-refractivity contribution in [1.82, 2.24) is 14.8 Å². The van der Waals surface area contributed by atoms with Crippen molar-refractivity contribution in [3.8, 4) is 0 Å². The second-order valence-electron chi connectivity index (χ2n) is 7.99. The van der Waals surface area contributed by atoms with Gasteiger partial charge in [0.05, 0.1) is 0 Å². The fourth-order valence-corrected chi connectivity index (χ4v) is 4.40. The van der Waals surface area contributed by atoms with E-state index in [4.69, 9.17) is 0 Å². The number of pyridine rings is 1. The van der Waals surface area contributed by atoms with Crippen molar-refractivity contribution >= 4 is 11.8 Å². The summed E-state index contributed by atoms with van der Waals surface area (Å²) in [6.45, 7) is 5.24. The zero-order chi connectivity index (χ0) is 18.4. The van der Waals surface area contributed by atoms with Crippen LogP contribution in [0.25, 0.3) is 0 Å². The predicted molar refractivity (Wildman–Crippen MR) is 101 cm³/mol. The second kappa shape index (κ2) is 8.65. The van der Waals surface area contributed by atoms with Gasteiger partial charge >= 0.3 is 0 Å². The van der Waals surface area contributed by atoms with Gasteiger partial charge in [0.2, 0.25) is 11.8 Å². The van der Waals surface area contributed by atoms with Gasteiger partial charge in [-0.05, 0) is 37.3 Å². The minimum atomic E-state index is 0.0782. The molecule has 1 atom stereocenters. The number of likely N-dealkylation sites (tertiary alicyclic amines) is 2. The Morgan fingerprint density at radius 1 is 1.27 bits per heavy atom. The normalized spacial score (nSPS) is 23.5. The van der Waals surface area contributed by atoms with Crippen LogP contribution in [0, 0.1) is 5.41 Å². The summed E-state index contributed by atoms with van der Waals surface area (Å²) in [7, 11) is 0. The molecule has 0 bridgehead atoms. The third-order valence-electron chi connectivity index (χ3n) is 5.85. The summed E-state index contributed by atoms with van der Waals surface area (Å²) >= 11 is 0. The number of piperidine rings is 2.